The number of carbonyl (C=O) groups excluding carboxylic acids is 1. The highest BCUT2D eigenvalue weighted by molar-refractivity contribution is 5.73. The van der Waals surface area contributed by atoms with E-state index in [0.29, 0.717) is 19.3 Å². The van der Waals surface area contributed by atoms with Crippen LogP contribution in [-0.2, 0) is 9.59 Å². The number of aldehydes is 1. The minimum atomic E-state index is -0.919. The molecule has 0 aromatic carbocycles. The molecular weight excluding hydrogens is 184 g/mol. The summed E-state index contributed by atoms with van der Waals surface area (Å²) in [4.78, 5) is 20.6. The summed E-state index contributed by atoms with van der Waals surface area (Å²) in [7, 11) is 0. The number of hydrogen-bond acceptors (Lipinski definition) is 4. The average Bonchev–Trinajstić information content (AvgIpc) is 2.15. The van der Waals surface area contributed by atoms with Gasteiger partial charge in [0.25, 0.3) is 0 Å². The highest BCUT2D eigenvalue weighted by Gasteiger charge is 2.13. The molecule has 1 atom stereocenters. The molecule has 0 unspecified atom stereocenters. The lowest BCUT2D eigenvalue weighted by Gasteiger charge is -2.11. The molecule has 0 amide bonds. The maximum Gasteiger partial charge on any atom is 0.326 e. The summed E-state index contributed by atoms with van der Waals surface area (Å²) in [5.74, 6) is -0.919. The standard InChI is InChI=1S/C9H16N2O3/c10-5-2-1-4-8(9(13)14)11-6-3-7-12/h3,6-8,11H,1-2,4-5,10H2,(H,13,14)/b6-3+/t8-/m0/s1. The Morgan fingerprint density at radius 2 is 2.21 bits per heavy atom. The van der Waals surface area contributed by atoms with Crippen molar-refractivity contribution in [3.05, 3.63) is 12.3 Å². The van der Waals surface area contributed by atoms with Crippen molar-refractivity contribution >= 4 is 12.3 Å². The molecule has 0 aliphatic carbocycles. The molecule has 5 nitrogen and oxygen atoms in total. The van der Waals surface area contributed by atoms with E-state index in [2.05, 4.69) is 5.32 Å². The van der Waals surface area contributed by atoms with E-state index in [1.54, 1.807) is 0 Å². The lowest BCUT2D eigenvalue weighted by atomic mass is 10.1. The van der Waals surface area contributed by atoms with Crippen LogP contribution in [0.2, 0.25) is 0 Å². The van der Waals surface area contributed by atoms with Gasteiger partial charge in [-0.3, -0.25) is 4.79 Å². The molecule has 80 valence electrons. The number of nitrogens with one attached hydrogen (secondary N) is 1. The molecular formula is C9H16N2O3. The second-order valence-electron chi connectivity index (χ2n) is 2.84. The van der Waals surface area contributed by atoms with Crippen molar-refractivity contribution in [2.75, 3.05) is 6.54 Å². The first-order chi connectivity index (χ1) is 6.72. The number of hydrogen-bond donors (Lipinski definition) is 3. The number of rotatable bonds is 8. The normalized spacial score (nSPS) is 12.6. The molecule has 0 aromatic heterocycles. The Bertz CT molecular complexity index is 204. The quantitative estimate of drug-likeness (QED) is 0.288. The minimum Gasteiger partial charge on any atom is -0.480 e. The molecule has 0 spiro atoms. The van der Waals surface area contributed by atoms with Crippen LogP contribution in [0.1, 0.15) is 19.3 Å². The van der Waals surface area contributed by atoms with Crippen LogP contribution < -0.4 is 11.1 Å². The van der Waals surface area contributed by atoms with Gasteiger partial charge in [0.2, 0.25) is 0 Å². The van der Waals surface area contributed by atoms with Gasteiger partial charge in [-0.1, -0.05) is 0 Å². The lowest BCUT2D eigenvalue weighted by molar-refractivity contribution is -0.139. The molecule has 0 aromatic rings. The van der Waals surface area contributed by atoms with Crippen molar-refractivity contribution in [1.82, 2.24) is 5.32 Å². The molecule has 0 saturated carbocycles. The van der Waals surface area contributed by atoms with Crippen molar-refractivity contribution in [1.29, 1.82) is 0 Å². The van der Waals surface area contributed by atoms with Crippen molar-refractivity contribution in [2.45, 2.75) is 25.3 Å². The third-order valence-electron chi connectivity index (χ3n) is 1.72. The largest absolute Gasteiger partial charge is 0.480 e. The predicted molar refractivity (Wildman–Crippen MR) is 52.7 cm³/mol. The van der Waals surface area contributed by atoms with E-state index in [9.17, 15) is 9.59 Å². The molecule has 14 heavy (non-hydrogen) atoms. The Balaban J connectivity index is 3.83. The van der Waals surface area contributed by atoms with E-state index in [0.717, 1.165) is 12.8 Å². The van der Waals surface area contributed by atoms with E-state index in [1.165, 1.54) is 12.3 Å². The van der Waals surface area contributed by atoms with Crippen LogP contribution in [0.15, 0.2) is 12.3 Å². The fraction of sp³-hybridized carbons (Fsp3) is 0.556. The molecule has 0 aliphatic rings. The van der Waals surface area contributed by atoms with Gasteiger partial charge in [-0.2, -0.15) is 0 Å². The summed E-state index contributed by atoms with van der Waals surface area (Å²) < 4.78 is 0. The molecule has 0 bridgehead atoms. The highest BCUT2D eigenvalue weighted by atomic mass is 16.4. The zero-order valence-electron chi connectivity index (χ0n) is 7.98. The van der Waals surface area contributed by atoms with Gasteiger partial charge in [0.1, 0.15) is 12.3 Å². The molecule has 0 radical (unpaired) electrons. The number of nitrogens with two attached hydrogens (primary N) is 1. The van der Waals surface area contributed by atoms with Crippen molar-refractivity contribution in [2.24, 2.45) is 5.73 Å². The first-order valence-corrected chi connectivity index (χ1v) is 4.51. The lowest BCUT2D eigenvalue weighted by Crippen LogP contribution is -2.33. The number of carbonyl (C=O) groups is 2. The van der Waals surface area contributed by atoms with Crippen LogP contribution >= 0.6 is 0 Å². The smallest absolute Gasteiger partial charge is 0.326 e. The third-order valence-corrected chi connectivity index (χ3v) is 1.72. The minimum absolute atomic E-state index is 0.510. The van der Waals surface area contributed by atoms with Gasteiger partial charge < -0.3 is 16.2 Å². The monoisotopic (exact) mass is 200 g/mol. The predicted octanol–water partition coefficient (Wildman–Crippen LogP) is -0.129. The van der Waals surface area contributed by atoms with E-state index in [-0.39, 0.29) is 0 Å². The molecule has 4 N–H and O–H groups in total. The maximum atomic E-state index is 10.7. The van der Waals surface area contributed by atoms with Gasteiger partial charge in [-0.05, 0) is 31.9 Å². The average molecular weight is 200 g/mol. The van der Waals surface area contributed by atoms with Crippen LogP contribution in [0.3, 0.4) is 0 Å². The second kappa shape index (κ2) is 8.25. The maximum absolute atomic E-state index is 10.7. The first kappa shape index (κ1) is 12.6. The van der Waals surface area contributed by atoms with Crippen molar-refractivity contribution < 1.29 is 14.7 Å². The van der Waals surface area contributed by atoms with E-state index >= 15 is 0 Å². The molecule has 0 rings (SSSR count). The second-order valence-corrected chi connectivity index (χ2v) is 2.84. The molecule has 0 heterocycles. The van der Waals surface area contributed by atoms with Gasteiger partial charge in [0.15, 0.2) is 0 Å². The Labute approximate surface area is 83.0 Å². The number of carboxylic acids is 1. The van der Waals surface area contributed by atoms with Gasteiger partial charge in [0, 0.05) is 6.20 Å². The first-order valence-electron chi connectivity index (χ1n) is 4.51. The Kier molecular flexibility index (Phi) is 7.45. The molecule has 0 aliphatic heterocycles. The van der Waals surface area contributed by atoms with Crippen LogP contribution in [0.25, 0.3) is 0 Å². The summed E-state index contributed by atoms with van der Waals surface area (Å²) in [6.07, 6.45) is 5.23. The fourth-order valence-corrected chi connectivity index (χ4v) is 0.982. The zero-order chi connectivity index (χ0) is 10.8. The Morgan fingerprint density at radius 1 is 1.50 bits per heavy atom. The third kappa shape index (κ3) is 6.19. The van der Waals surface area contributed by atoms with Gasteiger partial charge in [-0.15, -0.1) is 0 Å². The van der Waals surface area contributed by atoms with Gasteiger partial charge in [-0.25, -0.2) is 4.79 Å². The summed E-state index contributed by atoms with van der Waals surface area (Å²) >= 11 is 0. The number of allylic oxidation sites excluding steroid dienone is 1. The molecule has 5 heteroatoms. The summed E-state index contributed by atoms with van der Waals surface area (Å²) in [5.41, 5.74) is 5.28. The summed E-state index contributed by atoms with van der Waals surface area (Å²) in [5, 5.41) is 11.4. The Morgan fingerprint density at radius 3 is 2.71 bits per heavy atom. The van der Waals surface area contributed by atoms with Crippen LogP contribution in [-0.4, -0.2) is 29.9 Å². The number of carboxylic acid groups (broad SMARTS) is 1. The van der Waals surface area contributed by atoms with E-state index < -0.39 is 12.0 Å². The highest BCUT2D eigenvalue weighted by Crippen LogP contribution is 2.00. The van der Waals surface area contributed by atoms with Gasteiger partial charge in [0.05, 0.1) is 0 Å². The van der Waals surface area contributed by atoms with E-state index in [4.69, 9.17) is 10.8 Å². The Hall–Kier alpha value is -1.36. The topological polar surface area (TPSA) is 92.4 Å². The SMILES string of the molecule is NCCCC[C@H](N/C=C/C=O)C(=O)O. The number of aliphatic carboxylic acids is 1. The van der Waals surface area contributed by atoms with Crippen molar-refractivity contribution in [3.63, 3.8) is 0 Å². The summed E-state index contributed by atoms with van der Waals surface area (Å²) in [6.45, 7) is 0.566. The van der Waals surface area contributed by atoms with E-state index in [1.807, 2.05) is 0 Å². The van der Waals surface area contributed by atoms with Crippen LogP contribution in [0.5, 0.6) is 0 Å². The zero-order valence-corrected chi connectivity index (χ0v) is 7.98. The van der Waals surface area contributed by atoms with Crippen molar-refractivity contribution in [3.8, 4) is 0 Å². The fourth-order valence-electron chi connectivity index (χ4n) is 0.982. The molecule has 0 fully saturated rings. The number of unbranched alkanes of at least 4 members (excludes halogenated alkanes) is 1. The molecule has 0 saturated heterocycles. The van der Waals surface area contributed by atoms with Crippen LogP contribution in [0.4, 0.5) is 0 Å². The van der Waals surface area contributed by atoms with Gasteiger partial charge >= 0.3 is 5.97 Å². The van der Waals surface area contributed by atoms with Crippen LogP contribution in [0, 0.1) is 0 Å². The summed E-state index contributed by atoms with van der Waals surface area (Å²) in [6, 6.07) is -0.641.